The number of nitrogens with two attached hydrogens (primary N) is 1. The van der Waals surface area contributed by atoms with Crippen LogP contribution in [0.25, 0.3) is 10.1 Å². The molecule has 0 aliphatic carbocycles. The van der Waals surface area contributed by atoms with E-state index in [0.29, 0.717) is 17.9 Å². The standard InChI is InChI=1S/C20H17N7O6S2/c1-32-24-12(15-23-20(21)33-25-15)16(28)22-13-17(29)27-14(19(30)31)10(8-35-18(13)27)7-26-4-2-11-9(6-26)3-5-34-11/h2-6,13,18H,7-8H2,1H3,(H3-,21,22,23,25,28,30,31)/p+1/t13?,18-/m0/s1. The Bertz CT molecular complexity index is 1410. The fraction of sp³-hybridized carbons (Fsp3) is 0.250. The number of aromatic nitrogens is 3. The highest BCUT2D eigenvalue weighted by molar-refractivity contribution is 8.00. The fourth-order valence-electron chi connectivity index (χ4n) is 3.90. The molecule has 4 N–H and O–H groups in total. The normalized spacial score (nSPS) is 20.0. The van der Waals surface area contributed by atoms with E-state index in [-0.39, 0.29) is 23.2 Å². The SMILES string of the molecule is CON=C(C(=O)NC1C(=O)N2C(C(=O)O)=C(C[n+]3ccc4sccc4c3)CS[C@@H]12)c1noc(N)n1. The van der Waals surface area contributed by atoms with Gasteiger partial charge >= 0.3 is 12.0 Å². The van der Waals surface area contributed by atoms with Gasteiger partial charge < -0.3 is 25.5 Å². The predicted molar refractivity (Wildman–Crippen MR) is 124 cm³/mol. The van der Waals surface area contributed by atoms with Gasteiger partial charge in [-0.05, 0) is 11.4 Å². The average molecular weight is 517 g/mol. The summed E-state index contributed by atoms with van der Waals surface area (Å²) in [7, 11) is 1.23. The second-order valence-electron chi connectivity index (χ2n) is 7.55. The highest BCUT2D eigenvalue weighted by Crippen LogP contribution is 2.40. The summed E-state index contributed by atoms with van der Waals surface area (Å²) in [6.07, 6.45) is 3.82. The maximum absolute atomic E-state index is 13.0. The Morgan fingerprint density at radius 3 is 3.00 bits per heavy atom. The zero-order valence-electron chi connectivity index (χ0n) is 18.1. The number of nitrogen functional groups attached to an aromatic ring is 1. The number of carbonyl (C=O) groups is 3. The van der Waals surface area contributed by atoms with Gasteiger partial charge in [0, 0.05) is 22.1 Å². The molecule has 15 heteroatoms. The Hall–Kier alpha value is -3.98. The van der Waals surface area contributed by atoms with Crippen LogP contribution >= 0.6 is 23.1 Å². The monoisotopic (exact) mass is 516 g/mol. The number of pyridine rings is 1. The Morgan fingerprint density at radius 2 is 2.29 bits per heavy atom. The van der Waals surface area contributed by atoms with Gasteiger partial charge in [-0.3, -0.25) is 14.5 Å². The number of hydrogen-bond acceptors (Lipinski definition) is 11. The number of thiophene rings is 1. The third kappa shape index (κ3) is 4.08. The minimum absolute atomic E-state index is 0.0705. The quantitative estimate of drug-likeness (QED) is 0.167. The van der Waals surface area contributed by atoms with Crippen LogP contribution in [0.1, 0.15) is 5.82 Å². The highest BCUT2D eigenvalue weighted by Gasteiger charge is 2.55. The maximum Gasteiger partial charge on any atom is 0.352 e. The molecule has 1 unspecified atom stereocenters. The topological polar surface area (TPSA) is 177 Å². The number of anilines is 1. The third-order valence-corrected chi connectivity index (χ3v) is 7.65. The number of carboxylic acids is 1. The molecule has 180 valence electrons. The summed E-state index contributed by atoms with van der Waals surface area (Å²) in [5.74, 6) is -2.39. The first-order valence-corrected chi connectivity index (χ1v) is 12.1. The van der Waals surface area contributed by atoms with Crippen molar-refractivity contribution in [1.82, 2.24) is 20.4 Å². The summed E-state index contributed by atoms with van der Waals surface area (Å²) in [5, 5.41) is 22.0. The number of amides is 2. The van der Waals surface area contributed by atoms with Crippen LogP contribution in [0.15, 0.2) is 50.9 Å². The Kier molecular flexibility index (Phi) is 5.86. The molecule has 0 bridgehead atoms. The second kappa shape index (κ2) is 8.99. The van der Waals surface area contributed by atoms with Crippen molar-refractivity contribution in [2.24, 2.45) is 5.16 Å². The fourth-order valence-corrected chi connectivity index (χ4v) is 5.99. The number of β-lactam (4-membered cyclic amide) rings is 1. The van der Waals surface area contributed by atoms with Gasteiger partial charge in [-0.1, -0.05) is 10.3 Å². The van der Waals surface area contributed by atoms with E-state index in [4.69, 9.17) is 5.73 Å². The second-order valence-corrected chi connectivity index (χ2v) is 9.61. The molecule has 2 aliphatic heterocycles. The number of nitrogens with one attached hydrogen (secondary N) is 1. The van der Waals surface area contributed by atoms with Crippen LogP contribution in [-0.4, -0.2) is 67.9 Å². The zero-order chi connectivity index (χ0) is 24.7. The molecule has 3 aromatic rings. The van der Waals surface area contributed by atoms with E-state index in [0.717, 1.165) is 10.1 Å². The lowest BCUT2D eigenvalue weighted by atomic mass is 10.0. The highest BCUT2D eigenvalue weighted by atomic mass is 32.2. The first-order valence-electron chi connectivity index (χ1n) is 10.1. The van der Waals surface area contributed by atoms with Gasteiger partial charge in [0.2, 0.25) is 11.5 Å². The van der Waals surface area contributed by atoms with Crippen LogP contribution in [0, 0.1) is 0 Å². The van der Waals surface area contributed by atoms with Crippen molar-refractivity contribution >= 4 is 62.7 Å². The van der Waals surface area contributed by atoms with Gasteiger partial charge in [0.15, 0.2) is 18.9 Å². The van der Waals surface area contributed by atoms with E-state index < -0.39 is 29.2 Å². The van der Waals surface area contributed by atoms with Crippen LogP contribution in [0.5, 0.6) is 0 Å². The molecule has 13 nitrogen and oxygen atoms in total. The first-order chi connectivity index (χ1) is 16.9. The van der Waals surface area contributed by atoms with E-state index in [1.165, 1.54) is 23.8 Å². The number of aliphatic carboxylic acids is 1. The van der Waals surface area contributed by atoms with Crippen molar-refractivity contribution < 1.29 is 33.4 Å². The maximum atomic E-state index is 13.0. The van der Waals surface area contributed by atoms with Crippen molar-refractivity contribution in [3.63, 3.8) is 0 Å². The Labute approximate surface area is 205 Å². The summed E-state index contributed by atoms with van der Waals surface area (Å²) in [6, 6.07) is 2.72. The minimum Gasteiger partial charge on any atom is -0.477 e. The number of rotatable bonds is 7. The molecule has 2 amide bonds. The number of fused-ring (bicyclic) bond motifs is 2. The van der Waals surface area contributed by atoms with E-state index in [1.54, 1.807) is 11.3 Å². The molecule has 0 saturated carbocycles. The third-order valence-electron chi connectivity index (χ3n) is 5.41. The van der Waals surface area contributed by atoms with Crippen molar-refractivity contribution in [2.45, 2.75) is 18.0 Å². The first kappa shape index (κ1) is 22.8. The lowest BCUT2D eigenvalue weighted by Crippen LogP contribution is -2.71. The summed E-state index contributed by atoms with van der Waals surface area (Å²) in [5.41, 5.74) is 5.59. The molecule has 0 radical (unpaired) electrons. The summed E-state index contributed by atoms with van der Waals surface area (Å²) in [4.78, 5) is 47.5. The summed E-state index contributed by atoms with van der Waals surface area (Å²) < 4.78 is 7.68. The molecule has 2 atom stereocenters. The minimum atomic E-state index is -1.20. The molecular formula is C20H18N7O6S2+. The molecule has 3 aromatic heterocycles. The van der Waals surface area contributed by atoms with E-state index >= 15 is 0 Å². The smallest absolute Gasteiger partial charge is 0.352 e. The Balaban J connectivity index is 1.36. The van der Waals surface area contributed by atoms with Gasteiger partial charge in [-0.25, -0.2) is 9.36 Å². The number of thioether (sulfide) groups is 1. The van der Waals surface area contributed by atoms with E-state index in [2.05, 4.69) is 30.0 Å². The molecule has 0 spiro atoms. The van der Waals surface area contributed by atoms with Crippen LogP contribution < -0.4 is 15.6 Å². The van der Waals surface area contributed by atoms with E-state index in [9.17, 15) is 19.5 Å². The van der Waals surface area contributed by atoms with Gasteiger partial charge in [0.05, 0.1) is 5.39 Å². The number of hydrogen-bond donors (Lipinski definition) is 3. The average Bonchev–Trinajstić information content (AvgIpc) is 3.48. The van der Waals surface area contributed by atoms with Crippen molar-refractivity contribution in [2.75, 3.05) is 18.6 Å². The van der Waals surface area contributed by atoms with Crippen LogP contribution in [0.3, 0.4) is 0 Å². The van der Waals surface area contributed by atoms with Crippen LogP contribution in [0.2, 0.25) is 0 Å². The molecule has 5 rings (SSSR count). The number of carboxylic acid groups (broad SMARTS) is 1. The Morgan fingerprint density at radius 1 is 1.46 bits per heavy atom. The van der Waals surface area contributed by atoms with Crippen molar-refractivity contribution in [3.8, 4) is 0 Å². The predicted octanol–water partition coefficient (Wildman–Crippen LogP) is -0.0567. The van der Waals surface area contributed by atoms with Gasteiger partial charge in [0.1, 0.15) is 24.2 Å². The van der Waals surface area contributed by atoms with Gasteiger partial charge in [0.25, 0.3) is 11.8 Å². The lowest BCUT2D eigenvalue weighted by molar-refractivity contribution is -0.687. The molecule has 1 fully saturated rings. The molecule has 5 heterocycles. The molecule has 35 heavy (non-hydrogen) atoms. The lowest BCUT2D eigenvalue weighted by Gasteiger charge is -2.49. The van der Waals surface area contributed by atoms with Crippen LogP contribution in [0.4, 0.5) is 6.01 Å². The summed E-state index contributed by atoms with van der Waals surface area (Å²) >= 11 is 2.98. The van der Waals surface area contributed by atoms with Gasteiger partial charge in [-0.2, -0.15) is 4.98 Å². The largest absolute Gasteiger partial charge is 0.477 e. The van der Waals surface area contributed by atoms with E-state index in [1.807, 2.05) is 34.5 Å². The molecule has 1 saturated heterocycles. The molecule has 0 aromatic carbocycles. The molecular weight excluding hydrogens is 498 g/mol. The zero-order valence-corrected chi connectivity index (χ0v) is 19.7. The number of carbonyl (C=O) groups excluding carboxylic acids is 2. The molecule has 2 aliphatic rings. The number of oxime groups is 1. The van der Waals surface area contributed by atoms with Crippen molar-refractivity contribution in [3.05, 3.63) is 47.0 Å². The van der Waals surface area contributed by atoms with Crippen LogP contribution in [-0.2, 0) is 25.8 Å². The summed E-state index contributed by atoms with van der Waals surface area (Å²) in [6.45, 7) is 0.317. The van der Waals surface area contributed by atoms with Gasteiger partial charge in [-0.15, -0.1) is 23.1 Å². The number of nitrogens with zero attached hydrogens (tertiary/aromatic N) is 5. The van der Waals surface area contributed by atoms with Crippen molar-refractivity contribution in [1.29, 1.82) is 0 Å².